The number of fused-ring (bicyclic) bond motifs is 3. The lowest BCUT2D eigenvalue weighted by Crippen LogP contribution is -2.56. The number of carboxylic acid groups (broad SMARTS) is 1. The Balaban J connectivity index is 1.43. The summed E-state index contributed by atoms with van der Waals surface area (Å²) >= 11 is 1.59. The first-order valence-electron chi connectivity index (χ1n) is 12.1. The van der Waals surface area contributed by atoms with E-state index in [0.717, 1.165) is 22.3 Å². The third kappa shape index (κ3) is 5.32. The van der Waals surface area contributed by atoms with Crippen molar-refractivity contribution in [3.05, 3.63) is 59.7 Å². The maximum absolute atomic E-state index is 13.4. The van der Waals surface area contributed by atoms with E-state index in [1.54, 1.807) is 23.6 Å². The van der Waals surface area contributed by atoms with Crippen molar-refractivity contribution in [1.29, 1.82) is 0 Å². The van der Waals surface area contributed by atoms with Crippen molar-refractivity contribution >= 4 is 29.7 Å². The highest BCUT2D eigenvalue weighted by Crippen LogP contribution is 2.44. The Bertz CT molecular complexity index is 1050. The van der Waals surface area contributed by atoms with Crippen molar-refractivity contribution < 1.29 is 24.2 Å². The number of nitrogens with one attached hydrogen (secondary N) is 1. The van der Waals surface area contributed by atoms with Crippen LogP contribution in [0.1, 0.15) is 43.2 Å². The number of hydrogen-bond acceptors (Lipinski definition) is 5. The van der Waals surface area contributed by atoms with Crippen molar-refractivity contribution in [2.75, 3.05) is 25.2 Å². The standard InChI is InChI=1S/C27H32N2O5S/c1-17-18(26(31)32)12-7-14-29(17)25(30)24(13-15-35-2)28-27(33)34-16-23-21-10-5-3-8-19(21)20-9-4-6-11-22(20)23/h3-6,8-11,17-18,23-24H,7,12-16H2,1-2H3,(H,28,33)(H,31,32)/t17?,18?,24-/m1/s1. The van der Waals surface area contributed by atoms with E-state index in [0.29, 0.717) is 31.6 Å². The molecular weight excluding hydrogens is 464 g/mol. The zero-order chi connectivity index (χ0) is 24.9. The minimum absolute atomic E-state index is 0.0630. The molecule has 2 amide bonds. The molecule has 0 spiro atoms. The summed E-state index contributed by atoms with van der Waals surface area (Å²) in [5.41, 5.74) is 4.55. The average Bonchev–Trinajstić information content (AvgIpc) is 3.18. The van der Waals surface area contributed by atoms with E-state index in [1.165, 1.54) is 0 Å². The first-order valence-corrected chi connectivity index (χ1v) is 13.5. The molecule has 1 aliphatic heterocycles. The smallest absolute Gasteiger partial charge is 0.407 e. The summed E-state index contributed by atoms with van der Waals surface area (Å²) in [6, 6.07) is 15.1. The van der Waals surface area contributed by atoms with Gasteiger partial charge in [0.2, 0.25) is 5.91 Å². The second-order valence-corrected chi connectivity index (χ2v) is 10.1. The van der Waals surface area contributed by atoms with Gasteiger partial charge in [0.15, 0.2) is 0 Å². The van der Waals surface area contributed by atoms with E-state index in [2.05, 4.69) is 29.6 Å². The van der Waals surface area contributed by atoms with Gasteiger partial charge in [0.25, 0.3) is 0 Å². The molecule has 1 saturated heterocycles. The zero-order valence-electron chi connectivity index (χ0n) is 20.1. The summed E-state index contributed by atoms with van der Waals surface area (Å²) in [6.07, 6.45) is 2.94. The Hall–Kier alpha value is -3.00. The topological polar surface area (TPSA) is 95.9 Å². The normalized spacial score (nSPS) is 20.0. The maximum atomic E-state index is 13.4. The predicted molar refractivity (Wildman–Crippen MR) is 137 cm³/mol. The van der Waals surface area contributed by atoms with E-state index in [4.69, 9.17) is 4.74 Å². The van der Waals surface area contributed by atoms with Gasteiger partial charge in [-0.2, -0.15) is 11.8 Å². The minimum atomic E-state index is -0.889. The number of carbonyl (C=O) groups is 3. The van der Waals surface area contributed by atoms with Gasteiger partial charge in [0.1, 0.15) is 12.6 Å². The van der Waals surface area contributed by atoms with E-state index >= 15 is 0 Å². The third-order valence-electron chi connectivity index (χ3n) is 7.13. The molecule has 1 heterocycles. The van der Waals surface area contributed by atoms with Gasteiger partial charge in [-0.25, -0.2) is 4.79 Å². The maximum Gasteiger partial charge on any atom is 0.407 e. The van der Waals surface area contributed by atoms with E-state index in [1.807, 2.05) is 30.5 Å². The first-order chi connectivity index (χ1) is 16.9. The molecule has 2 aliphatic rings. The molecule has 1 fully saturated rings. The Morgan fingerprint density at radius 2 is 1.74 bits per heavy atom. The summed E-state index contributed by atoms with van der Waals surface area (Å²) in [7, 11) is 0. The van der Waals surface area contributed by atoms with Crippen LogP contribution in [0.3, 0.4) is 0 Å². The van der Waals surface area contributed by atoms with Gasteiger partial charge in [0, 0.05) is 18.5 Å². The monoisotopic (exact) mass is 496 g/mol. The predicted octanol–water partition coefficient (Wildman–Crippen LogP) is 4.36. The molecule has 2 N–H and O–H groups in total. The summed E-state index contributed by atoms with van der Waals surface area (Å²) in [4.78, 5) is 39.4. The number of nitrogens with zero attached hydrogens (tertiary/aromatic N) is 1. The Morgan fingerprint density at radius 3 is 2.34 bits per heavy atom. The molecule has 2 unspecified atom stereocenters. The lowest BCUT2D eigenvalue weighted by molar-refractivity contribution is -0.149. The number of carbonyl (C=O) groups excluding carboxylic acids is 2. The fourth-order valence-electron chi connectivity index (χ4n) is 5.26. The van der Waals surface area contributed by atoms with Crippen LogP contribution in [-0.4, -0.2) is 65.2 Å². The van der Waals surface area contributed by atoms with Gasteiger partial charge in [-0.05, 0) is 60.4 Å². The van der Waals surface area contributed by atoms with Crippen LogP contribution >= 0.6 is 11.8 Å². The molecule has 0 radical (unpaired) electrons. The molecular formula is C27H32N2O5S. The SMILES string of the molecule is CSCC[C@@H](NC(=O)OCC1c2ccccc2-c2ccccc21)C(=O)N1CCCC(C(=O)O)C1C. The fourth-order valence-corrected chi connectivity index (χ4v) is 5.73. The van der Waals surface area contributed by atoms with E-state index in [9.17, 15) is 19.5 Å². The molecule has 3 atom stereocenters. The van der Waals surface area contributed by atoms with Crippen LogP contribution in [0.15, 0.2) is 48.5 Å². The van der Waals surface area contributed by atoms with Gasteiger partial charge in [-0.3, -0.25) is 9.59 Å². The average molecular weight is 497 g/mol. The molecule has 8 heteroatoms. The quantitative estimate of drug-likeness (QED) is 0.564. The Kier molecular flexibility index (Phi) is 8.00. The highest BCUT2D eigenvalue weighted by molar-refractivity contribution is 7.98. The van der Waals surface area contributed by atoms with Gasteiger partial charge in [-0.1, -0.05) is 48.5 Å². The number of benzene rings is 2. The molecule has 0 bridgehead atoms. The van der Waals surface area contributed by atoms with Gasteiger partial charge in [-0.15, -0.1) is 0 Å². The number of ether oxygens (including phenoxy) is 1. The van der Waals surface area contributed by atoms with Crippen molar-refractivity contribution in [3.63, 3.8) is 0 Å². The van der Waals surface area contributed by atoms with Crippen LogP contribution in [-0.2, 0) is 14.3 Å². The van der Waals surface area contributed by atoms with Crippen LogP contribution < -0.4 is 5.32 Å². The summed E-state index contributed by atoms with van der Waals surface area (Å²) in [5, 5.41) is 12.3. The molecule has 35 heavy (non-hydrogen) atoms. The Morgan fingerprint density at radius 1 is 1.11 bits per heavy atom. The van der Waals surface area contributed by atoms with Gasteiger partial charge in [0.05, 0.1) is 5.92 Å². The molecule has 1 aliphatic carbocycles. The molecule has 7 nitrogen and oxygen atoms in total. The third-order valence-corrected chi connectivity index (χ3v) is 7.78. The Labute approximate surface area is 210 Å². The molecule has 0 saturated carbocycles. The number of amides is 2. The number of thioether (sulfide) groups is 1. The van der Waals surface area contributed by atoms with Crippen LogP contribution in [0, 0.1) is 5.92 Å². The fraction of sp³-hybridized carbons (Fsp3) is 0.444. The van der Waals surface area contributed by atoms with Crippen LogP contribution in [0.4, 0.5) is 4.79 Å². The van der Waals surface area contributed by atoms with Crippen molar-refractivity contribution in [2.45, 2.75) is 44.2 Å². The van der Waals surface area contributed by atoms with E-state index in [-0.39, 0.29) is 18.4 Å². The number of rotatable bonds is 8. The lowest BCUT2D eigenvalue weighted by Gasteiger charge is -2.39. The first kappa shape index (κ1) is 25.1. The number of hydrogen-bond donors (Lipinski definition) is 2. The number of alkyl carbamates (subject to hydrolysis) is 1. The minimum Gasteiger partial charge on any atom is -0.481 e. The molecule has 0 aromatic heterocycles. The number of carboxylic acids is 1. The van der Waals surface area contributed by atoms with Crippen molar-refractivity contribution in [1.82, 2.24) is 10.2 Å². The van der Waals surface area contributed by atoms with Crippen molar-refractivity contribution in [2.24, 2.45) is 5.92 Å². The van der Waals surface area contributed by atoms with Crippen LogP contribution in [0.25, 0.3) is 11.1 Å². The number of likely N-dealkylation sites (tertiary alicyclic amines) is 1. The second-order valence-electron chi connectivity index (χ2n) is 9.16. The second kappa shape index (κ2) is 11.2. The molecule has 2 aromatic carbocycles. The van der Waals surface area contributed by atoms with Crippen LogP contribution in [0.2, 0.25) is 0 Å². The largest absolute Gasteiger partial charge is 0.481 e. The summed E-state index contributed by atoms with van der Waals surface area (Å²) in [5.74, 6) is -1.11. The molecule has 2 aromatic rings. The zero-order valence-corrected chi connectivity index (χ0v) is 20.9. The number of piperidine rings is 1. The van der Waals surface area contributed by atoms with Gasteiger partial charge >= 0.3 is 12.1 Å². The highest BCUT2D eigenvalue weighted by atomic mass is 32.2. The summed E-state index contributed by atoms with van der Waals surface area (Å²) in [6.45, 7) is 2.44. The molecule has 4 rings (SSSR count). The van der Waals surface area contributed by atoms with E-state index < -0.39 is 30.1 Å². The van der Waals surface area contributed by atoms with Crippen molar-refractivity contribution in [3.8, 4) is 11.1 Å². The number of aliphatic carboxylic acids is 1. The highest BCUT2D eigenvalue weighted by Gasteiger charge is 2.38. The van der Waals surface area contributed by atoms with Gasteiger partial charge < -0.3 is 20.1 Å². The van der Waals surface area contributed by atoms with Crippen LogP contribution in [0.5, 0.6) is 0 Å². The molecule has 186 valence electrons. The summed E-state index contributed by atoms with van der Waals surface area (Å²) < 4.78 is 5.65. The lowest BCUT2D eigenvalue weighted by atomic mass is 9.89.